The molecular formula is C13H17FN2O3S2. The summed E-state index contributed by atoms with van der Waals surface area (Å²) in [6, 6.07) is 3.24. The Hall–Kier alpha value is -1.27. The Labute approximate surface area is 126 Å². The lowest BCUT2D eigenvalue weighted by Crippen LogP contribution is -2.28. The van der Waals surface area contributed by atoms with Crippen molar-refractivity contribution in [2.45, 2.75) is 11.8 Å². The Kier molecular flexibility index (Phi) is 6.98. The van der Waals surface area contributed by atoms with Crippen LogP contribution in [0.4, 0.5) is 4.39 Å². The van der Waals surface area contributed by atoms with Crippen molar-refractivity contribution in [1.82, 2.24) is 4.72 Å². The molecule has 0 radical (unpaired) electrons. The first-order chi connectivity index (χ1) is 9.90. The summed E-state index contributed by atoms with van der Waals surface area (Å²) in [5.74, 6) is 5.14. The number of benzene rings is 1. The monoisotopic (exact) mass is 332 g/mol. The zero-order valence-electron chi connectivity index (χ0n) is 11.6. The molecule has 0 heterocycles. The molecular weight excluding hydrogens is 315 g/mol. The number of hydrogen-bond donors (Lipinski definition) is 2. The fourth-order valence-electron chi connectivity index (χ4n) is 1.49. The van der Waals surface area contributed by atoms with Crippen LogP contribution < -0.4 is 10.5 Å². The van der Waals surface area contributed by atoms with Gasteiger partial charge in [-0.15, -0.1) is 0 Å². The van der Waals surface area contributed by atoms with Gasteiger partial charge in [0.15, 0.2) is 0 Å². The minimum absolute atomic E-state index is 0.0406. The minimum Gasteiger partial charge on any atom is -0.320 e. The molecule has 1 unspecified atom stereocenters. The first kappa shape index (κ1) is 17.8. The Balaban J connectivity index is 2.99. The van der Waals surface area contributed by atoms with E-state index in [0.717, 1.165) is 18.2 Å². The molecule has 1 rings (SSSR count). The van der Waals surface area contributed by atoms with Gasteiger partial charge >= 0.3 is 0 Å². The van der Waals surface area contributed by atoms with Gasteiger partial charge in [0, 0.05) is 34.4 Å². The highest BCUT2D eigenvalue weighted by molar-refractivity contribution is 7.89. The van der Waals surface area contributed by atoms with Crippen LogP contribution in [0.15, 0.2) is 23.1 Å². The summed E-state index contributed by atoms with van der Waals surface area (Å²) in [7, 11) is -4.90. The van der Waals surface area contributed by atoms with Gasteiger partial charge in [-0.25, -0.2) is 17.5 Å². The summed E-state index contributed by atoms with van der Waals surface area (Å²) in [6.07, 6.45) is 0. The highest BCUT2D eigenvalue weighted by Gasteiger charge is 2.18. The maximum atomic E-state index is 13.2. The van der Waals surface area contributed by atoms with Gasteiger partial charge in [0.25, 0.3) is 0 Å². The van der Waals surface area contributed by atoms with Crippen molar-refractivity contribution >= 4 is 20.8 Å². The summed E-state index contributed by atoms with van der Waals surface area (Å²) in [4.78, 5) is -0.118. The van der Waals surface area contributed by atoms with Crippen molar-refractivity contribution in [2.24, 2.45) is 5.73 Å². The van der Waals surface area contributed by atoms with E-state index in [1.807, 2.05) is 0 Å². The minimum atomic E-state index is -3.84. The highest BCUT2D eigenvalue weighted by Crippen LogP contribution is 2.16. The molecule has 0 aromatic heterocycles. The maximum Gasteiger partial charge on any atom is 0.241 e. The summed E-state index contributed by atoms with van der Waals surface area (Å²) in [5.41, 5.74) is 5.28. The van der Waals surface area contributed by atoms with Crippen LogP contribution in [-0.2, 0) is 20.8 Å². The van der Waals surface area contributed by atoms with E-state index >= 15 is 0 Å². The molecule has 116 valence electrons. The third kappa shape index (κ3) is 5.55. The van der Waals surface area contributed by atoms with Crippen LogP contribution in [0.25, 0.3) is 0 Å². The van der Waals surface area contributed by atoms with E-state index in [1.54, 1.807) is 6.92 Å². The van der Waals surface area contributed by atoms with Crippen molar-refractivity contribution < 1.29 is 17.0 Å². The molecule has 3 N–H and O–H groups in total. The standard InChI is InChI=1S/C13H17FN2O3S2/c1-2-20(17)9-8-16-21(18,19)13-6-5-12(14)10-11(13)4-3-7-15/h5-6,10,16H,2,7-9,15H2,1H3. The number of halogens is 1. The summed E-state index contributed by atoms with van der Waals surface area (Å²) < 4.78 is 51.2. The maximum absolute atomic E-state index is 13.2. The Bertz CT molecular complexity index is 678. The van der Waals surface area contributed by atoms with Gasteiger partial charge in [-0.1, -0.05) is 18.8 Å². The first-order valence-electron chi connectivity index (χ1n) is 6.24. The molecule has 0 fully saturated rings. The second kappa shape index (κ2) is 8.24. The normalized spacial score (nSPS) is 12.5. The lowest BCUT2D eigenvalue weighted by atomic mass is 10.2. The zero-order valence-corrected chi connectivity index (χ0v) is 13.2. The predicted octanol–water partition coefficient (Wildman–Crippen LogP) is 0.183. The molecule has 0 spiro atoms. The molecule has 0 bridgehead atoms. The lowest BCUT2D eigenvalue weighted by molar-refractivity contribution is 0.582. The van der Waals surface area contributed by atoms with Crippen LogP contribution in [0.3, 0.4) is 0 Å². The van der Waals surface area contributed by atoms with Crippen molar-refractivity contribution in [3.05, 3.63) is 29.6 Å². The van der Waals surface area contributed by atoms with Crippen molar-refractivity contribution in [2.75, 3.05) is 24.6 Å². The van der Waals surface area contributed by atoms with E-state index in [0.29, 0.717) is 5.75 Å². The van der Waals surface area contributed by atoms with Gasteiger partial charge in [0.1, 0.15) is 5.82 Å². The second-order valence-corrected chi connectivity index (χ2v) is 7.58. The third-order valence-electron chi connectivity index (χ3n) is 2.50. The number of nitrogens with two attached hydrogens (primary N) is 1. The van der Waals surface area contributed by atoms with E-state index in [9.17, 15) is 17.0 Å². The van der Waals surface area contributed by atoms with Crippen LogP contribution in [-0.4, -0.2) is 37.2 Å². The van der Waals surface area contributed by atoms with E-state index < -0.39 is 26.6 Å². The van der Waals surface area contributed by atoms with Gasteiger partial charge < -0.3 is 5.73 Å². The molecule has 0 saturated heterocycles. The summed E-state index contributed by atoms with van der Waals surface area (Å²) in [5, 5.41) is 0. The Morgan fingerprint density at radius 3 is 2.76 bits per heavy atom. The Morgan fingerprint density at radius 2 is 2.14 bits per heavy atom. The smallest absolute Gasteiger partial charge is 0.241 e. The van der Waals surface area contributed by atoms with E-state index in [2.05, 4.69) is 16.6 Å². The van der Waals surface area contributed by atoms with Gasteiger partial charge in [0.2, 0.25) is 10.0 Å². The van der Waals surface area contributed by atoms with Crippen molar-refractivity contribution in [3.63, 3.8) is 0 Å². The number of hydrogen-bond acceptors (Lipinski definition) is 4. The number of sulfonamides is 1. The van der Waals surface area contributed by atoms with Gasteiger partial charge in [-0.3, -0.25) is 4.21 Å². The van der Waals surface area contributed by atoms with E-state index in [1.165, 1.54) is 0 Å². The average Bonchev–Trinajstić information content (AvgIpc) is 2.44. The quantitative estimate of drug-likeness (QED) is 0.728. The third-order valence-corrected chi connectivity index (χ3v) is 5.32. The van der Waals surface area contributed by atoms with Crippen molar-refractivity contribution in [3.8, 4) is 11.8 Å². The lowest BCUT2D eigenvalue weighted by Gasteiger charge is -2.08. The number of nitrogens with one attached hydrogen (secondary N) is 1. The van der Waals surface area contributed by atoms with E-state index in [-0.39, 0.29) is 29.3 Å². The SMILES string of the molecule is CCS(=O)CCNS(=O)(=O)c1ccc(F)cc1C#CCN. The molecule has 0 aliphatic heterocycles. The van der Waals surface area contributed by atoms with Crippen LogP contribution in [0, 0.1) is 17.7 Å². The molecule has 0 amide bonds. The predicted molar refractivity (Wildman–Crippen MR) is 81.1 cm³/mol. The molecule has 21 heavy (non-hydrogen) atoms. The van der Waals surface area contributed by atoms with E-state index in [4.69, 9.17) is 5.73 Å². The van der Waals surface area contributed by atoms with Gasteiger partial charge in [-0.2, -0.15) is 0 Å². The van der Waals surface area contributed by atoms with Gasteiger partial charge in [-0.05, 0) is 18.2 Å². The topological polar surface area (TPSA) is 89.3 Å². The number of rotatable bonds is 6. The Morgan fingerprint density at radius 1 is 1.43 bits per heavy atom. The molecule has 8 heteroatoms. The van der Waals surface area contributed by atoms with Crippen LogP contribution >= 0.6 is 0 Å². The molecule has 0 aliphatic rings. The van der Waals surface area contributed by atoms with Crippen LogP contribution in [0.5, 0.6) is 0 Å². The molecule has 5 nitrogen and oxygen atoms in total. The fourth-order valence-corrected chi connectivity index (χ4v) is 3.41. The highest BCUT2D eigenvalue weighted by atomic mass is 32.2. The molecule has 1 aromatic carbocycles. The molecule has 0 aliphatic carbocycles. The second-order valence-electron chi connectivity index (χ2n) is 3.98. The molecule has 0 saturated carbocycles. The fraction of sp³-hybridized carbons (Fsp3) is 0.385. The van der Waals surface area contributed by atoms with Gasteiger partial charge in [0.05, 0.1) is 11.4 Å². The largest absolute Gasteiger partial charge is 0.320 e. The average molecular weight is 332 g/mol. The molecule has 1 atom stereocenters. The summed E-state index contributed by atoms with van der Waals surface area (Å²) >= 11 is 0. The molecule has 1 aromatic rings. The first-order valence-corrected chi connectivity index (χ1v) is 9.21. The zero-order chi connectivity index (χ0) is 15.9. The van der Waals surface area contributed by atoms with Crippen molar-refractivity contribution in [1.29, 1.82) is 0 Å². The summed E-state index contributed by atoms with van der Waals surface area (Å²) in [6.45, 7) is 1.84. The van der Waals surface area contributed by atoms with Crippen LogP contribution in [0.1, 0.15) is 12.5 Å². The van der Waals surface area contributed by atoms with Crippen LogP contribution in [0.2, 0.25) is 0 Å².